The first-order valence-corrected chi connectivity index (χ1v) is 15.0. The highest BCUT2D eigenvalue weighted by Gasteiger charge is 2.40. The van der Waals surface area contributed by atoms with Gasteiger partial charge in [0.25, 0.3) is 0 Å². The van der Waals surface area contributed by atoms with Crippen LogP contribution >= 0.6 is 23.2 Å². The number of morpholine rings is 1. The van der Waals surface area contributed by atoms with Crippen molar-refractivity contribution in [2.75, 3.05) is 59.5 Å². The van der Waals surface area contributed by atoms with Gasteiger partial charge in [-0.25, -0.2) is 4.39 Å². The quantitative estimate of drug-likeness (QED) is 0.402. The fourth-order valence-electron chi connectivity index (χ4n) is 6.40. The summed E-state index contributed by atoms with van der Waals surface area (Å²) in [5.41, 5.74) is -0.0192. The lowest BCUT2D eigenvalue weighted by molar-refractivity contribution is -0.147. The molecule has 1 unspecified atom stereocenters. The summed E-state index contributed by atoms with van der Waals surface area (Å²) in [4.78, 5) is 33.5. The Kier molecular flexibility index (Phi) is 9.87. The lowest BCUT2D eigenvalue weighted by Crippen LogP contribution is -2.53. The van der Waals surface area contributed by atoms with Crippen molar-refractivity contribution in [2.24, 2.45) is 0 Å². The van der Waals surface area contributed by atoms with Crippen LogP contribution in [-0.2, 0) is 27.0 Å². The topological polar surface area (TPSA) is 56.3 Å². The van der Waals surface area contributed by atoms with Crippen LogP contribution in [0, 0.1) is 5.82 Å². The van der Waals surface area contributed by atoms with Gasteiger partial charge in [-0.05, 0) is 55.3 Å². The molecule has 13 heteroatoms. The second-order valence-corrected chi connectivity index (χ2v) is 12.3. The van der Waals surface area contributed by atoms with Gasteiger partial charge in [0, 0.05) is 57.3 Å². The molecule has 3 saturated heterocycles. The van der Waals surface area contributed by atoms with Crippen molar-refractivity contribution >= 4 is 35.0 Å². The van der Waals surface area contributed by atoms with Crippen LogP contribution in [0.25, 0.3) is 0 Å². The zero-order valence-electron chi connectivity index (χ0n) is 23.8. The van der Waals surface area contributed by atoms with Crippen molar-refractivity contribution in [1.29, 1.82) is 0 Å². The van der Waals surface area contributed by atoms with Crippen LogP contribution in [0.5, 0.6) is 0 Å². The van der Waals surface area contributed by atoms with Gasteiger partial charge in [-0.15, -0.1) is 0 Å². The van der Waals surface area contributed by atoms with Gasteiger partial charge in [-0.1, -0.05) is 35.3 Å². The average Bonchev–Trinajstić information content (AvgIpc) is 3.41. The van der Waals surface area contributed by atoms with E-state index in [2.05, 4.69) is 4.90 Å². The molecule has 3 fully saturated rings. The van der Waals surface area contributed by atoms with Gasteiger partial charge in [0.05, 0.1) is 28.8 Å². The molecule has 0 spiro atoms. The number of likely N-dealkylation sites (N-methyl/N-ethyl adjacent to an activating group) is 1. The molecule has 0 N–H and O–H groups in total. The smallest absolute Gasteiger partial charge is 0.370 e. The number of rotatable bonds is 7. The lowest BCUT2D eigenvalue weighted by Gasteiger charge is -2.40. The number of alkyl halides is 3. The number of halogens is 6. The zero-order chi connectivity index (χ0) is 30.9. The van der Waals surface area contributed by atoms with Gasteiger partial charge >= 0.3 is 6.18 Å². The number of hydrogen-bond donors (Lipinski definition) is 0. The first-order valence-electron chi connectivity index (χ1n) is 14.3. The third-order valence-electron chi connectivity index (χ3n) is 8.73. The van der Waals surface area contributed by atoms with E-state index in [1.54, 1.807) is 17.0 Å². The fraction of sp³-hybridized carbons (Fsp3) is 0.533. The molecule has 0 bridgehead atoms. The number of hydrogen-bond acceptors (Lipinski definition) is 5. The molecule has 2 aromatic rings. The van der Waals surface area contributed by atoms with Gasteiger partial charge in [-0.3, -0.25) is 19.4 Å². The van der Waals surface area contributed by atoms with Crippen LogP contribution < -0.4 is 0 Å². The molecule has 0 aromatic heterocycles. The van der Waals surface area contributed by atoms with E-state index in [9.17, 15) is 27.2 Å². The number of nitrogens with zero attached hydrogens (tertiary/aromatic N) is 4. The van der Waals surface area contributed by atoms with Crippen LogP contribution in [0.4, 0.5) is 17.6 Å². The molecule has 3 aliphatic rings. The lowest BCUT2D eigenvalue weighted by atomic mass is 9.93. The molecule has 2 aromatic carbocycles. The van der Waals surface area contributed by atoms with E-state index >= 15 is 0 Å². The molecule has 2 atom stereocenters. The first kappa shape index (κ1) is 32.0. The summed E-state index contributed by atoms with van der Waals surface area (Å²) in [6.07, 6.45) is -3.19. The minimum absolute atomic E-state index is 0.0142. The van der Waals surface area contributed by atoms with Gasteiger partial charge in [0.1, 0.15) is 12.4 Å². The molecule has 3 heterocycles. The van der Waals surface area contributed by atoms with Crippen LogP contribution in [0.2, 0.25) is 10.0 Å². The predicted molar refractivity (Wildman–Crippen MR) is 154 cm³/mol. The normalized spacial score (nSPS) is 22.6. The second kappa shape index (κ2) is 13.3. The van der Waals surface area contributed by atoms with Crippen molar-refractivity contribution in [3.63, 3.8) is 0 Å². The standard InChI is InChI=1S/C30H34Cl2F4N4O3/c1-37(14-19-2-4-23(26(33)12-19)30(34,35)36)27-16-39(15-22(27)20-3-5-24(31)25(32)13-20)28(41)17-38-8-6-21(7-9-38)40-10-11-43-18-29(40)42/h2-5,12-13,21-22,27H,6-11,14-18H2,1H3/t22-,27?/m1/s1. The summed E-state index contributed by atoms with van der Waals surface area (Å²) < 4.78 is 58.7. The summed E-state index contributed by atoms with van der Waals surface area (Å²) in [6, 6.07) is 8.25. The van der Waals surface area contributed by atoms with Crippen LogP contribution in [-0.4, -0.2) is 103 Å². The van der Waals surface area contributed by atoms with Gasteiger partial charge in [0.15, 0.2) is 0 Å². The van der Waals surface area contributed by atoms with Gasteiger partial charge < -0.3 is 14.5 Å². The molecule has 5 rings (SSSR count). The second-order valence-electron chi connectivity index (χ2n) is 11.5. The van der Waals surface area contributed by atoms with E-state index in [0.29, 0.717) is 54.9 Å². The van der Waals surface area contributed by atoms with Crippen molar-refractivity contribution in [3.05, 3.63) is 69.0 Å². The van der Waals surface area contributed by atoms with E-state index in [0.717, 1.165) is 30.5 Å². The third kappa shape index (κ3) is 7.45. The maximum Gasteiger partial charge on any atom is 0.419 e. The van der Waals surface area contributed by atoms with Crippen LogP contribution in [0.3, 0.4) is 0 Å². The number of carbonyl (C=O) groups excluding carboxylic acids is 2. The van der Waals surface area contributed by atoms with Crippen LogP contribution in [0.15, 0.2) is 36.4 Å². The number of ether oxygens (including phenoxy) is 1. The van der Waals surface area contributed by atoms with E-state index < -0.39 is 17.6 Å². The first-order chi connectivity index (χ1) is 20.4. The van der Waals surface area contributed by atoms with E-state index in [-0.39, 0.29) is 49.5 Å². The molecule has 0 radical (unpaired) electrons. The highest BCUT2D eigenvalue weighted by atomic mass is 35.5. The Balaban J connectivity index is 1.26. The average molecular weight is 646 g/mol. The molecule has 3 aliphatic heterocycles. The SMILES string of the molecule is CN(Cc1ccc(C(F)(F)F)c(F)c1)C1CN(C(=O)CN2CCC(N3CCOCC3=O)CC2)C[C@@H]1c1ccc(Cl)c(Cl)c1. The summed E-state index contributed by atoms with van der Waals surface area (Å²) in [7, 11) is 1.82. The van der Waals surface area contributed by atoms with Gasteiger partial charge in [-0.2, -0.15) is 13.2 Å². The Hall–Kier alpha value is -2.44. The Labute approximate surface area is 258 Å². The molecule has 7 nitrogen and oxygen atoms in total. The minimum atomic E-state index is -4.77. The zero-order valence-corrected chi connectivity index (χ0v) is 25.3. The van der Waals surface area contributed by atoms with Crippen molar-refractivity contribution < 1.29 is 31.9 Å². The molecule has 234 valence electrons. The van der Waals surface area contributed by atoms with Crippen molar-refractivity contribution in [1.82, 2.24) is 19.6 Å². The molecule has 0 aliphatic carbocycles. The summed E-state index contributed by atoms with van der Waals surface area (Å²) in [5.74, 6) is -1.48. The van der Waals surface area contributed by atoms with E-state index in [1.807, 2.05) is 22.9 Å². The number of likely N-dealkylation sites (tertiary alicyclic amines) is 2. The predicted octanol–water partition coefficient (Wildman–Crippen LogP) is 4.90. The summed E-state index contributed by atoms with van der Waals surface area (Å²) in [5, 5.41) is 0.792. The molecular weight excluding hydrogens is 611 g/mol. The number of carbonyl (C=O) groups is 2. The van der Waals surface area contributed by atoms with E-state index in [1.165, 1.54) is 6.07 Å². The third-order valence-corrected chi connectivity index (χ3v) is 9.47. The Morgan fingerprint density at radius 2 is 1.79 bits per heavy atom. The minimum Gasteiger partial charge on any atom is -0.370 e. The van der Waals surface area contributed by atoms with Crippen molar-refractivity contribution in [2.45, 2.75) is 43.6 Å². The highest BCUT2D eigenvalue weighted by Crippen LogP contribution is 2.36. The summed E-state index contributed by atoms with van der Waals surface area (Å²) in [6.45, 7) is 3.92. The maximum atomic E-state index is 14.3. The fourth-order valence-corrected chi connectivity index (χ4v) is 6.70. The Morgan fingerprint density at radius 1 is 1.05 bits per heavy atom. The number of piperidine rings is 1. The summed E-state index contributed by atoms with van der Waals surface area (Å²) >= 11 is 12.5. The monoisotopic (exact) mass is 644 g/mol. The van der Waals surface area contributed by atoms with Crippen molar-refractivity contribution in [3.8, 4) is 0 Å². The largest absolute Gasteiger partial charge is 0.419 e. The molecular formula is C30H34Cl2F4N4O3. The van der Waals surface area contributed by atoms with E-state index in [4.69, 9.17) is 27.9 Å². The maximum absolute atomic E-state index is 14.3. The highest BCUT2D eigenvalue weighted by molar-refractivity contribution is 6.42. The molecule has 43 heavy (non-hydrogen) atoms. The Morgan fingerprint density at radius 3 is 2.44 bits per heavy atom. The number of amides is 2. The molecule has 0 saturated carbocycles. The number of benzene rings is 2. The van der Waals surface area contributed by atoms with Gasteiger partial charge in [0.2, 0.25) is 11.8 Å². The Bertz CT molecular complexity index is 1340. The molecule has 2 amide bonds. The van der Waals surface area contributed by atoms with Crippen LogP contribution in [0.1, 0.15) is 35.4 Å².